The van der Waals surface area contributed by atoms with Crippen LogP contribution in [0, 0.1) is 19.8 Å². The summed E-state index contributed by atoms with van der Waals surface area (Å²) in [5.41, 5.74) is 1.72. The molecule has 7 rings (SSSR count). The Morgan fingerprint density at radius 3 is 2.45 bits per heavy atom. The Morgan fingerprint density at radius 1 is 1.02 bits per heavy atom. The van der Waals surface area contributed by atoms with Gasteiger partial charge in [-0.15, -0.1) is 0 Å². The van der Waals surface area contributed by atoms with Gasteiger partial charge in [0.05, 0.1) is 10.9 Å². The lowest BCUT2D eigenvalue weighted by molar-refractivity contribution is -0.141. The van der Waals surface area contributed by atoms with Crippen molar-refractivity contribution < 1.29 is 37.5 Å². The van der Waals surface area contributed by atoms with Crippen molar-refractivity contribution in [2.75, 3.05) is 5.32 Å². The van der Waals surface area contributed by atoms with E-state index in [1.165, 1.54) is 22.6 Å². The SMILES string of the molecule is CC(=O)c1nn(CC(=O)N2C3CCC(C3)[C@H]2C(=O)Nc2nc(C(F)(F)F)ccc2C)c2c(C)cc(-c3cncc(C4(C(=O)O)CC4)c3)cc12. The average molecular weight is 675 g/mol. The van der Waals surface area contributed by atoms with E-state index in [9.17, 15) is 37.5 Å². The van der Waals surface area contributed by atoms with Crippen LogP contribution in [0.3, 0.4) is 0 Å². The lowest BCUT2D eigenvalue weighted by atomic mass is 9.94. The molecule has 1 aromatic carbocycles. The van der Waals surface area contributed by atoms with E-state index >= 15 is 0 Å². The Bertz CT molecular complexity index is 2070. The Balaban J connectivity index is 1.19. The standard InChI is InChI=1S/C35H33F3N6O5/c1-17-4-7-26(35(36,37)38)40-31(17)41-32(47)30-20-5-6-24(12-20)44(30)27(46)16-43-29-18(2)10-21(13-25(29)28(42-43)19(3)45)22-11-23(15-39-14-22)34(8-9-34)33(48)49/h4,7,10-11,13-15,20,24,30H,5-6,8-9,12,16H2,1-3H3,(H,48,49)(H,40,41,47)/t20?,24?,30-/m0/s1. The number of amides is 2. The van der Waals surface area contributed by atoms with Crippen LogP contribution >= 0.6 is 0 Å². The number of pyridine rings is 2. The Labute approximate surface area is 278 Å². The predicted octanol–water partition coefficient (Wildman–Crippen LogP) is 5.47. The first-order valence-corrected chi connectivity index (χ1v) is 16.1. The number of halogens is 3. The van der Waals surface area contributed by atoms with Crippen molar-refractivity contribution in [1.29, 1.82) is 0 Å². The van der Waals surface area contributed by atoms with Crippen LogP contribution in [0.2, 0.25) is 0 Å². The van der Waals surface area contributed by atoms with Gasteiger partial charge in [-0.3, -0.25) is 28.8 Å². The number of ketones is 1. The molecule has 3 fully saturated rings. The molecule has 2 unspecified atom stereocenters. The summed E-state index contributed by atoms with van der Waals surface area (Å²) in [5, 5.41) is 17.4. The third-order valence-corrected chi connectivity index (χ3v) is 10.2. The number of hydrogen-bond acceptors (Lipinski definition) is 7. The molecule has 3 aliphatic rings. The highest BCUT2D eigenvalue weighted by molar-refractivity contribution is 6.07. The number of aryl methyl sites for hydroxylation is 2. The number of piperidine rings is 1. The van der Waals surface area contributed by atoms with Gasteiger partial charge in [0.1, 0.15) is 29.8 Å². The van der Waals surface area contributed by atoms with Gasteiger partial charge in [-0.2, -0.15) is 18.3 Å². The number of alkyl halides is 3. The molecule has 1 aliphatic heterocycles. The summed E-state index contributed by atoms with van der Waals surface area (Å²) in [6.07, 6.45) is 1.56. The van der Waals surface area contributed by atoms with Gasteiger partial charge in [0.15, 0.2) is 5.78 Å². The number of Topliss-reactive ketones (excluding diaryl/α,β-unsaturated/α-hetero) is 1. The van der Waals surface area contributed by atoms with Crippen molar-refractivity contribution in [1.82, 2.24) is 24.6 Å². The maximum Gasteiger partial charge on any atom is 0.433 e. The molecule has 4 heterocycles. The Hall–Kier alpha value is -5.14. The maximum absolute atomic E-state index is 14.0. The van der Waals surface area contributed by atoms with Crippen LogP contribution in [0.15, 0.2) is 42.7 Å². The molecule has 2 aliphatic carbocycles. The van der Waals surface area contributed by atoms with Crippen molar-refractivity contribution in [2.24, 2.45) is 5.92 Å². The summed E-state index contributed by atoms with van der Waals surface area (Å²) in [5.74, 6) is -2.57. The van der Waals surface area contributed by atoms with Crippen LogP contribution < -0.4 is 5.32 Å². The van der Waals surface area contributed by atoms with E-state index < -0.39 is 41.1 Å². The fourth-order valence-corrected chi connectivity index (χ4v) is 7.58. The van der Waals surface area contributed by atoms with E-state index in [-0.39, 0.29) is 35.8 Å². The summed E-state index contributed by atoms with van der Waals surface area (Å²) in [7, 11) is 0. The van der Waals surface area contributed by atoms with Crippen molar-refractivity contribution in [3.63, 3.8) is 0 Å². The molecular weight excluding hydrogens is 641 g/mol. The van der Waals surface area contributed by atoms with Crippen LogP contribution in [-0.2, 0) is 32.5 Å². The van der Waals surface area contributed by atoms with Gasteiger partial charge in [0.2, 0.25) is 11.8 Å². The van der Waals surface area contributed by atoms with Gasteiger partial charge in [0.25, 0.3) is 0 Å². The van der Waals surface area contributed by atoms with Gasteiger partial charge in [-0.05, 0) is 98.4 Å². The van der Waals surface area contributed by atoms with E-state index in [2.05, 4.69) is 20.4 Å². The maximum atomic E-state index is 14.0. The number of anilines is 1. The molecule has 11 nitrogen and oxygen atoms in total. The summed E-state index contributed by atoms with van der Waals surface area (Å²) in [4.78, 5) is 61.8. The number of rotatable bonds is 8. The fourth-order valence-electron chi connectivity index (χ4n) is 7.58. The second kappa shape index (κ2) is 11.5. The summed E-state index contributed by atoms with van der Waals surface area (Å²) in [6, 6.07) is 6.44. The summed E-state index contributed by atoms with van der Waals surface area (Å²) >= 11 is 0. The molecule has 0 radical (unpaired) electrons. The zero-order valence-electron chi connectivity index (χ0n) is 27.0. The summed E-state index contributed by atoms with van der Waals surface area (Å²) in [6.45, 7) is 4.48. The smallest absolute Gasteiger partial charge is 0.433 e. The van der Waals surface area contributed by atoms with Crippen molar-refractivity contribution in [2.45, 2.75) is 83.1 Å². The second-order valence-electron chi connectivity index (χ2n) is 13.4. The molecule has 4 aromatic rings. The Morgan fingerprint density at radius 2 is 1.78 bits per heavy atom. The van der Waals surface area contributed by atoms with Gasteiger partial charge in [-0.1, -0.05) is 6.07 Å². The first-order chi connectivity index (χ1) is 23.2. The van der Waals surface area contributed by atoms with Gasteiger partial charge < -0.3 is 15.3 Å². The molecule has 3 atom stereocenters. The predicted molar refractivity (Wildman–Crippen MR) is 171 cm³/mol. The van der Waals surface area contributed by atoms with E-state index in [1.54, 1.807) is 31.5 Å². The molecule has 3 aromatic heterocycles. The average Bonchev–Trinajstić information content (AvgIpc) is 3.40. The number of aliphatic carboxylic acids is 1. The van der Waals surface area contributed by atoms with Gasteiger partial charge in [-0.25, -0.2) is 4.98 Å². The molecular formula is C35H33F3N6O5. The minimum atomic E-state index is -4.69. The zero-order chi connectivity index (χ0) is 35.0. The van der Waals surface area contributed by atoms with Crippen molar-refractivity contribution in [3.8, 4) is 11.1 Å². The first kappa shape index (κ1) is 32.4. The molecule has 2 bridgehead atoms. The fraction of sp³-hybridized carbons (Fsp3) is 0.400. The van der Waals surface area contributed by atoms with Crippen LogP contribution in [0.1, 0.15) is 71.9 Å². The molecule has 254 valence electrons. The molecule has 1 saturated heterocycles. The summed E-state index contributed by atoms with van der Waals surface area (Å²) < 4.78 is 41.5. The van der Waals surface area contributed by atoms with E-state index in [4.69, 9.17) is 0 Å². The van der Waals surface area contributed by atoms with Crippen LogP contribution in [0.4, 0.5) is 19.0 Å². The zero-order valence-corrected chi connectivity index (χ0v) is 27.0. The lowest BCUT2D eigenvalue weighted by Gasteiger charge is -2.34. The lowest BCUT2D eigenvalue weighted by Crippen LogP contribution is -2.52. The minimum absolute atomic E-state index is 0.157. The highest BCUT2D eigenvalue weighted by Gasteiger charge is 2.53. The number of benzene rings is 1. The van der Waals surface area contributed by atoms with Crippen molar-refractivity contribution >= 4 is 40.3 Å². The number of carbonyl (C=O) groups excluding carboxylic acids is 3. The highest BCUT2D eigenvalue weighted by Crippen LogP contribution is 2.49. The number of nitrogens with zero attached hydrogens (tertiary/aromatic N) is 5. The number of nitrogens with one attached hydrogen (secondary N) is 1. The van der Waals surface area contributed by atoms with E-state index in [1.807, 2.05) is 13.0 Å². The number of hydrogen-bond donors (Lipinski definition) is 2. The first-order valence-electron chi connectivity index (χ1n) is 16.1. The third kappa shape index (κ3) is 5.52. The number of carboxylic acid groups (broad SMARTS) is 1. The van der Waals surface area contributed by atoms with Gasteiger partial charge >= 0.3 is 12.1 Å². The number of carboxylic acids is 1. The number of carbonyl (C=O) groups is 4. The minimum Gasteiger partial charge on any atom is -0.481 e. The number of fused-ring (bicyclic) bond motifs is 3. The number of likely N-dealkylation sites (tertiary alicyclic amines) is 1. The van der Waals surface area contributed by atoms with Crippen molar-refractivity contribution in [3.05, 3.63) is 70.8 Å². The molecule has 2 N–H and O–H groups in total. The molecule has 49 heavy (non-hydrogen) atoms. The monoisotopic (exact) mass is 674 g/mol. The molecule has 0 spiro atoms. The van der Waals surface area contributed by atoms with Crippen LogP contribution in [0.5, 0.6) is 0 Å². The van der Waals surface area contributed by atoms with Gasteiger partial charge in [0, 0.05) is 36.3 Å². The normalized spacial score (nSPS) is 20.9. The number of aromatic nitrogens is 4. The molecule has 14 heteroatoms. The topological polar surface area (TPSA) is 147 Å². The second-order valence-corrected chi connectivity index (χ2v) is 13.4. The largest absolute Gasteiger partial charge is 0.481 e. The van der Waals surface area contributed by atoms with Crippen LogP contribution in [-0.4, -0.2) is 65.4 Å². The Kier molecular flexibility index (Phi) is 7.60. The molecule has 2 saturated carbocycles. The molecule has 2 amide bonds. The highest BCUT2D eigenvalue weighted by atomic mass is 19.4. The van der Waals surface area contributed by atoms with E-state index in [0.29, 0.717) is 70.8 Å². The van der Waals surface area contributed by atoms with E-state index in [0.717, 1.165) is 6.07 Å². The van der Waals surface area contributed by atoms with Crippen LogP contribution in [0.25, 0.3) is 22.0 Å². The third-order valence-electron chi connectivity index (χ3n) is 10.2. The quantitative estimate of drug-likeness (QED) is 0.234.